The van der Waals surface area contributed by atoms with Crippen LogP contribution in [0.2, 0.25) is 0 Å². The topological polar surface area (TPSA) is 44.5 Å². The number of fused-ring (bicyclic) bond motifs is 1. The van der Waals surface area contributed by atoms with E-state index < -0.39 is 18.3 Å². The molecule has 4 rings (SSSR count). The molecule has 26 heavy (non-hydrogen) atoms. The Kier molecular flexibility index (Phi) is 4.01. The van der Waals surface area contributed by atoms with Gasteiger partial charge in [0.1, 0.15) is 5.52 Å². The molecule has 1 aliphatic rings. The summed E-state index contributed by atoms with van der Waals surface area (Å²) >= 11 is 0. The molecule has 0 spiro atoms. The van der Waals surface area contributed by atoms with Crippen molar-refractivity contribution in [2.24, 2.45) is 0 Å². The van der Waals surface area contributed by atoms with Gasteiger partial charge in [0, 0.05) is 6.08 Å². The molecule has 0 N–H and O–H groups in total. The predicted octanol–water partition coefficient (Wildman–Crippen LogP) is 5.00. The first kappa shape index (κ1) is 17.1. The van der Waals surface area contributed by atoms with Crippen molar-refractivity contribution < 1.29 is 13.7 Å². The van der Waals surface area contributed by atoms with E-state index in [-0.39, 0.29) is 0 Å². The monoisotopic (exact) mass is 347 g/mol. The molecule has 1 saturated heterocycles. The highest BCUT2D eigenvalue weighted by molar-refractivity contribution is 6.70. The fourth-order valence-electron chi connectivity index (χ4n) is 2.97. The van der Waals surface area contributed by atoms with Crippen LogP contribution in [-0.4, -0.2) is 23.3 Å². The second-order valence-electron chi connectivity index (χ2n) is 7.57. The Balaban J connectivity index is 1.79. The number of aromatic nitrogens is 1. The number of hydrogen-bond acceptors (Lipinski definition) is 4. The quantitative estimate of drug-likeness (QED) is 0.626. The van der Waals surface area contributed by atoms with Crippen LogP contribution in [0.25, 0.3) is 22.6 Å². The maximum Gasteiger partial charge on any atom is 0.495 e. The van der Waals surface area contributed by atoms with E-state index in [1.165, 1.54) is 0 Å². The number of oxazole rings is 1. The standard InChI is InChI=1S/C21H22BNO3/c1-20(2)21(3,4)26-22(25-20)16(15-10-6-5-7-11-15)14-19-23-17-12-8-9-13-18(17)24-19/h5-14H,1-4H3/b16-14+. The van der Waals surface area contributed by atoms with Crippen molar-refractivity contribution in [3.05, 3.63) is 66.1 Å². The van der Waals surface area contributed by atoms with Gasteiger partial charge < -0.3 is 13.7 Å². The number of hydrogen-bond donors (Lipinski definition) is 0. The van der Waals surface area contributed by atoms with Crippen molar-refractivity contribution in [1.82, 2.24) is 4.98 Å². The predicted molar refractivity (Wildman–Crippen MR) is 104 cm³/mol. The van der Waals surface area contributed by atoms with Crippen LogP contribution in [0.5, 0.6) is 0 Å². The minimum atomic E-state index is -0.489. The van der Waals surface area contributed by atoms with Gasteiger partial charge in [-0.2, -0.15) is 0 Å². The molecule has 2 aromatic carbocycles. The lowest BCUT2D eigenvalue weighted by molar-refractivity contribution is 0.00578. The highest BCUT2D eigenvalue weighted by Crippen LogP contribution is 2.41. The Hall–Kier alpha value is -2.37. The molecular formula is C21H22BNO3. The van der Waals surface area contributed by atoms with Crippen LogP contribution in [0.4, 0.5) is 0 Å². The largest absolute Gasteiger partial charge is 0.495 e. The zero-order chi connectivity index (χ0) is 18.4. The second-order valence-corrected chi connectivity index (χ2v) is 7.57. The van der Waals surface area contributed by atoms with Gasteiger partial charge in [-0.25, -0.2) is 4.98 Å². The summed E-state index contributed by atoms with van der Waals surface area (Å²) in [7, 11) is -0.489. The van der Waals surface area contributed by atoms with E-state index in [1.807, 2.05) is 60.7 Å². The smallest absolute Gasteiger partial charge is 0.437 e. The van der Waals surface area contributed by atoms with Crippen molar-refractivity contribution in [1.29, 1.82) is 0 Å². The number of benzene rings is 2. The molecule has 0 bridgehead atoms. The molecular weight excluding hydrogens is 325 g/mol. The molecule has 1 fully saturated rings. The van der Waals surface area contributed by atoms with E-state index >= 15 is 0 Å². The first-order chi connectivity index (χ1) is 12.4. The molecule has 0 amide bonds. The van der Waals surface area contributed by atoms with E-state index in [9.17, 15) is 0 Å². The van der Waals surface area contributed by atoms with Crippen molar-refractivity contribution >= 4 is 29.8 Å². The normalized spacial score (nSPS) is 19.2. The molecule has 132 valence electrons. The van der Waals surface area contributed by atoms with Crippen LogP contribution in [0.15, 0.2) is 59.0 Å². The van der Waals surface area contributed by atoms with Gasteiger partial charge in [-0.15, -0.1) is 0 Å². The lowest BCUT2D eigenvalue weighted by atomic mass is 9.73. The zero-order valence-corrected chi connectivity index (χ0v) is 15.5. The molecule has 1 aliphatic heterocycles. The van der Waals surface area contributed by atoms with Gasteiger partial charge in [-0.1, -0.05) is 42.5 Å². The lowest BCUT2D eigenvalue weighted by Crippen LogP contribution is -2.41. The summed E-state index contributed by atoms with van der Waals surface area (Å²) in [4.78, 5) is 4.57. The third kappa shape index (κ3) is 2.98. The summed E-state index contributed by atoms with van der Waals surface area (Å²) in [5.41, 5.74) is 2.70. The number of nitrogens with zero attached hydrogens (tertiary/aromatic N) is 1. The maximum atomic E-state index is 6.27. The summed E-state index contributed by atoms with van der Waals surface area (Å²) < 4.78 is 18.4. The summed E-state index contributed by atoms with van der Waals surface area (Å²) in [6.45, 7) is 8.20. The second kappa shape index (κ2) is 6.11. The van der Waals surface area contributed by atoms with Crippen LogP contribution in [0.3, 0.4) is 0 Å². The first-order valence-electron chi connectivity index (χ1n) is 8.84. The third-order valence-corrected chi connectivity index (χ3v) is 5.20. The Labute approximate surface area is 154 Å². The van der Waals surface area contributed by atoms with Gasteiger partial charge >= 0.3 is 7.12 Å². The van der Waals surface area contributed by atoms with E-state index in [1.54, 1.807) is 0 Å². The van der Waals surface area contributed by atoms with Gasteiger partial charge in [0.25, 0.3) is 0 Å². The Morgan fingerprint density at radius 2 is 1.50 bits per heavy atom. The average Bonchev–Trinajstić information content (AvgIpc) is 3.10. The molecule has 3 aromatic rings. The summed E-state index contributed by atoms with van der Waals surface area (Å²) in [6.07, 6.45) is 1.91. The zero-order valence-electron chi connectivity index (χ0n) is 15.5. The van der Waals surface area contributed by atoms with Crippen LogP contribution >= 0.6 is 0 Å². The Bertz CT molecular complexity index is 911. The molecule has 0 radical (unpaired) electrons. The van der Waals surface area contributed by atoms with Gasteiger partial charge in [-0.3, -0.25) is 0 Å². The lowest BCUT2D eigenvalue weighted by Gasteiger charge is -2.32. The maximum absolute atomic E-state index is 6.27. The minimum absolute atomic E-state index is 0.410. The average molecular weight is 347 g/mol. The van der Waals surface area contributed by atoms with Crippen LogP contribution in [-0.2, 0) is 9.31 Å². The number of rotatable bonds is 3. The minimum Gasteiger partial charge on any atom is -0.437 e. The molecule has 0 unspecified atom stereocenters. The van der Waals surface area contributed by atoms with Gasteiger partial charge in [0.05, 0.1) is 11.2 Å². The summed E-state index contributed by atoms with van der Waals surface area (Å²) in [6, 6.07) is 17.8. The molecule has 5 heteroatoms. The van der Waals surface area contributed by atoms with Gasteiger partial charge in [-0.05, 0) is 50.9 Å². The first-order valence-corrected chi connectivity index (χ1v) is 8.84. The highest BCUT2D eigenvalue weighted by Gasteiger charge is 2.52. The molecule has 0 saturated carbocycles. The van der Waals surface area contributed by atoms with Crippen LogP contribution in [0.1, 0.15) is 39.1 Å². The molecule has 1 aromatic heterocycles. The molecule has 0 aliphatic carbocycles. The van der Waals surface area contributed by atoms with Crippen LogP contribution < -0.4 is 0 Å². The Morgan fingerprint density at radius 1 is 0.885 bits per heavy atom. The van der Waals surface area contributed by atoms with E-state index in [0.717, 1.165) is 22.1 Å². The summed E-state index contributed by atoms with van der Waals surface area (Å²) in [5.74, 6) is 0.541. The van der Waals surface area contributed by atoms with Crippen LogP contribution in [0, 0.1) is 0 Å². The van der Waals surface area contributed by atoms with Crippen molar-refractivity contribution in [3.8, 4) is 0 Å². The molecule has 4 nitrogen and oxygen atoms in total. The SMILES string of the molecule is CC1(C)OB(/C(=C/c2nc3ccccc3o2)c2ccccc2)OC1(C)C. The molecule has 0 atom stereocenters. The Morgan fingerprint density at radius 3 is 2.15 bits per heavy atom. The van der Waals surface area contributed by atoms with E-state index in [2.05, 4.69) is 32.7 Å². The van der Waals surface area contributed by atoms with E-state index in [4.69, 9.17) is 13.7 Å². The van der Waals surface area contributed by atoms with Crippen molar-refractivity contribution in [2.75, 3.05) is 0 Å². The number of para-hydroxylation sites is 2. The van der Waals surface area contributed by atoms with E-state index in [0.29, 0.717) is 5.89 Å². The summed E-state index contributed by atoms with van der Waals surface area (Å²) in [5, 5.41) is 0. The van der Waals surface area contributed by atoms with Crippen molar-refractivity contribution in [3.63, 3.8) is 0 Å². The highest BCUT2D eigenvalue weighted by atomic mass is 16.7. The molecule has 2 heterocycles. The van der Waals surface area contributed by atoms with Gasteiger partial charge in [0.2, 0.25) is 5.89 Å². The van der Waals surface area contributed by atoms with Crippen molar-refractivity contribution in [2.45, 2.75) is 38.9 Å². The third-order valence-electron chi connectivity index (χ3n) is 5.20. The fourth-order valence-corrected chi connectivity index (χ4v) is 2.97. The fraction of sp³-hybridized carbons (Fsp3) is 0.286. The van der Waals surface area contributed by atoms with Gasteiger partial charge in [0.15, 0.2) is 5.58 Å².